The van der Waals surface area contributed by atoms with E-state index in [0.717, 1.165) is 26.1 Å². The van der Waals surface area contributed by atoms with Crippen molar-refractivity contribution in [2.24, 2.45) is 0 Å². The van der Waals surface area contributed by atoms with Crippen LogP contribution in [-0.4, -0.2) is 68.5 Å². The summed E-state index contributed by atoms with van der Waals surface area (Å²) in [6.07, 6.45) is 3.71. The molecule has 0 aromatic heterocycles. The van der Waals surface area contributed by atoms with Gasteiger partial charge in [-0.05, 0) is 46.8 Å². The Bertz CT molecular complexity index is 1170. The molecular weight excluding hydrogens is 537 g/mol. The normalized spacial score (nSPS) is 20.8. The van der Waals surface area contributed by atoms with E-state index in [-0.39, 0.29) is 11.1 Å². The van der Waals surface area contributed by atoms with Gasteiger partial charge in [-0.25, -0.2) is 0 Å². The maximum Gasteiger partial charge on any atom is 0.192 e. The van der Waals surface area contributed by atoms with E-state index in [1.54, 1.807) is 0 Å². The first-order valence-corrected chi connectivity index (χ1v) is 19.4. The van der Waals surface area contributed by atoms with E-state index in [1.807, 2.05) is 0 Å². The zero-order chi connectivity index (χ0) is 28.9. The van der Waals surface area contributed by atoms with Crippen LogP contribution in [0.15, 0.2) is 103 Å². The third-order valence-corrected chi connectivity index (χ3v) is 14.9. The number of rotatable bonds is 8. The highest BCUT2D eigenvalue weighted by Crippen LogP contribution is 2.45. The Labute approximate surface area is 254 Å². The van der Waals surface area contributed by atoms with Crippen molar-refractivity contribution in [2.45, 2.75) is 57.0 Å². The quantitative estimate of drug-likeness (QED) is 0.151. The van der Waals surface area contributed by atoms with Crippen LogP contribution in [0.3, 0.4) is 0 Å². The van der Waals surface area contributed by atoms with E-state index < -0.39 is 13.9 Å². The maximum absolute atomic E-state index is 7.20. The van der Waals surface area contributed by atoms with Gasteiger partial charge in [-0.3, -0.25) is 9.80 Å². The standard InChI is InChI=1S/C36H48N2OSSi/c1-35(2,3)41(4,5)39-34-22-24-38(29-30(34)21-23-37-25-27-40-28-26-37)36(31-15-9-6-10-16-31,32-17-11-7-12-18-32)33-19-13-8-14-20-33/h6-21,34H,22-29H2,1-5H3/b30-21-. The van der Waals surface area contributed by atoms with Crippen molar-refractivity contribution in [2.75, 3.05) is 44.2 Å². The van der Waals surface area contributed by atoms with Crippen LogP contribution in [0.5, 0.6) is 0 Å². The summed E-state index contributed by atoms with van der Waals surface area (Å²) in [5, 5.41) is 0.182. The van der Waals surface area contributed by atoms with Crippen LogP contribution in [0.25, 0.3) is 0 Å². The Morgan fingerprint density at radius 2 is 1.27 bits per heavy atom. The average Bonchev–Trinajstić information content (AvgIpc) is 2.99. The largest absolute Gasteiger partial charge is 0.410 e. The van der Waals surface area contributed by atoms with Gasteiger partial charge in [0.05, 0.1) is 11.6 Å². The minimum absolute atomic E-state index is 0.173. The zero-order valence-electron chi connectivity index (χ0n) is 25.7. The molecule has 2 aliphatic rings. The Morgan fingerprint density at radius 3 is 1.73 bits per heavy atom. The van der Waals surface area contributed by atoms with Crippen LogP contribution in [0.1, 0.15) is 43.9 Å². The van der Waals surface area contributed by atoms with Crippen molar-refractivity contribution < 1.29 is 4.43 Å². The molecule has 5 heteroatoms. The van der Waals surface area contributed by atoms with Gasteiger partial charge in [0, 0.05) is 44.2 Å². The molecule has 0 aliphatic carbocycles. The molecule has 0 radical (unpaired) electrons. The fraction of sp³-hybridized carbons (Fsp3) is 0.444. The van der Waals surface area contributed by atoms with E-state index in [2.05, 4.69) is 152 Å². The van der Waals surface area contributed by atoms with Gasteiger partial charge in [0.15, 0.2) is 8.32 Å². The molecule has 2 fully saturated rings. The van der Waals surface area contributed by atoms with E-state index in [0.29, 0.717) is 0 Å². The highest BCUT2D eigenvalue weighted by molar-refractivity contribution is 7.99. The third-order valence-electron chi connectivity index (χ3n) is 9.46. The van der Waals surface area contributed by atoms with E-state index in [4.69, 9.17) is 4.43 Å². The van der Waals surface area contributed by atoms with Crippen molar-refractivity contribution >= 4 is 20.1 Å². The lowest BCUT2D eigenvalue weighted by Crippen LogP contribution is -2.55. The summed E-state index contributed by atoms with van der Waals surface area (Å²) in [4.78, 5) is 5.35. The molecular formula is C36H48N2OSSi. The summed E-state index contributed by atoms with van der Waals surface area (Å²) in [5.74, 6) is 2.47. The van der Waals surface area contributed by atoms with Crippen molar-refractivity contribution in [3.63, 3.8) is 0 Å². The van der Waals surface area contributed by atoms with Crippen molar-refractivity contribution in [1.82, 2.24) is 9.80 Å². The first kappa shape index (κ1) is 30.3. The number of hydrogen-bond acceptors (Lipinski definition) is 4. The molecule has 0 bridgehead atoms. The monoisotopic (exact) mass is 584 g/mol. The molecule has 3 nitrogen and oxygen atoms in total. The average molecular weight is 585 g/mol. The summed E-state index contributed by atoms with van der Waals surface area (Å²) in [5.41, 5.74) is 4.99. The van der Waals surface area contributed by atoms with Gasteiger partial charge in [-0.2, -0.15) is 11.8 Å². The molecule has 2 saturated heterocycles. The SMILES string of the molecule is CC(C)(C)[Si](C)(C)OC1CCN(C(c2ccccc2)(c2ccccc2)c2ccccc2)C/C1=C/CN1CCSCC1. The van der Waals surface area contributed by atoms with Crippen LogP contribution < -0.4 is 0 Å². The van der Waals surface area contributed by atoms with Crippen LogP contribution >= 0.6 is 11.8 Å². The molecule has 218 valence electrons. The van der Waals surface area contributed by atoms with Gasteiger partial charge in [0.1, 0.15) is 0 Å². The second kappa shape index (κ2) is 13.0. The molecule has 0 N–H and O–H groups in total. The number of thioether (sulfide) groups is 1. The van der Waals surface area contributed by atoms with Gasteiger partial charge in [-0.15, -0.1) is 0 Å². The topological polar surface area (TPSA) is 15.7 Å². The molecule has 0 spiro atoms. The van der Waals surface area contributed by atoms with Crippen LogP contribution in [-0.2, 0) is 9.96 Å². The van der Waals surface area contributed by atoms with Gasteiger partial charge in [0.25, 0.3) is 0 Å². The number of likely N-dealkylation sites (tertiary alicyclic amines) is 1. The van der Waals surface area contributed by atoms with Gasteiger partial charge in [0.2, 0.25) is 0 Å². The third kappa shape index (κ3) is 6.60. The number of benzene rings is 3. The number of piperidine rings is 1. The second-order valence-corrected chi connectivity index (χ2v) is 19.1. The molecule has 2 heterocycles. The lowest BCUT2D eigenvalue weighted by molar-refractivity contribution is 0.0898. The predicted octanol–water partition coefficient (Wildman–Crippen LogP) is 8.05. The van der Waals surface area contributed by atoms with E-state index >= 15 is 0 Å². The van der Waals surface area contributed by atoms with Crippen LogP contribution in [0, 0.1) is 0 Å². The Hall–Kier alpha value is -2.15. The Morgan fingerprint density at radius 1 is 0.780 bits per heavy atom. The van der Waals surface area contributed by atoms with Crippen molar-refractivity contribution in [3.05, 3.63) is 119 Å². The number of hydrogen-bond donors (Lipinski definition) is 0. The van der Waals surface area contributed by atoms with Crippen LogP contribution in [0.2, 0.25) is 18.1 Å². The summed E-state index contributed by atoms with van der Waals surface area (Å²) >= 11 is 2.08. The Kier molecular flexibility index (Phi) is 9.62. The van der Waals surface area contributed by atoms with Gasteiger partial charge >= 0.3 is 0 Å². The molecule has 0 saturated carbocycles. The summed E-state index contributed by atoms with van der Waals surface area (Å²) in [7, 11) is -1.94. The second-order valence-electron chi connectivity index (χ2n) is 13.1. The molecule has 1 atom stereocenters. The van der Waals surface area contributed by atoms with Crippen LogP contribution in [0.4, 0.5) is 0 Å². The maximum atomic E-state index is 7.20. The van der Waals surface area contributed by atoms with Crippen molar-refractivity contribution in [1.29, 1.82) is 0 Å². The Balaban J connectivity index is 1.59. The molecule has 0 amide bonds. The zero-order valence-corrected chi connectivity index (χ0v) is 27.5. The summed E-state index contributed by atoms with van der Waals surface area (Å²) in [6.45, 7) is 17.1. The van der Waals surface area contributed by atoms with E-state index in [9.17, 15) is 0 Å². The summed E-state index contributed by atoms with van der Waals surface area (Å²) < 4.78 is 7.20. The minimum atomic E-state index is -1.94. The fourth-order valence-electron chi connectivity index (χ4n) is 6.12. The first-order valence-electron chi connectivity index (χ1n) is 15.3. The van der Waals surface area contributed by atoms with Gasteiger partial charge < -0.3 is 4.43 Å². The summed E-state index contributed by atoms with van der Waals surface area (Å²) in [6, 6.07) is 33.4. The molecule has 2 aliphatic heterocycles. The first-order chi connectivity index (χ1) is 19.7. The number of nitrogens with zero attached hydrogens (tertiary/aromatic N) is 2. The smallest absolute Gasteiger partial charge is 0.192 e. The highest BCUT2D eigenvalue weighted by atomic mass is 32.2. The van der Waals surface area contributed by atoms with E-state index in [1.165, 1.54) is 46.9 Å². The predicted molar refractivity (Wildman–Crippen MR) is 179 cm³/mol. The molecule has 1 unspecified atom stereocenters. The molecule has 5 rings (SSSR count). The fourth-order valence-corrected chi connectivity index (χ4v) is 8.44. The lowest BCUT2D eigenvalue weighted by Gasteiger charge is -2.50. The minimum Gasteiger partial charge on any atom is -0.410 e. The lowest BCUT2D eigenvalue weighted by atomic mass is 9.74. The molecule has 41 heavy (non-hydrogen) atoms. The van der Waals surface area contributed by atoms with Gasteiger partial charge in [-0.1, -0.05) is 118 Å². The van der Waals surface area contributed by atoms with Crippen molar-refractivity contribution in [3.8, 4) is 0 Å². The molecule has 3 aromatic carbocycles. The highest BCUT2D eigenvalue weighted by Gasteiger charge is 2.46. The molecule has 3 aromatic rings.